The van der Waals surface area contributed by atoms with Gasteiger partial charge in [0.1, 0.15) is 34.2 Å². The maximum absolute atomic E-state index is 12.9. The number of carbonyl (C=O) groups excluding carboxylic acids is 1. The molecule has 0 fully saturated rings. The number of hydrogen-bond acceptors (Lipinski definition) is 5. The van der Waals surface area contributed by atoms with E-state index in [1.54, 1.807) is 30.3 Å². The molecular formula is C21H22O5. The summed E-state index contributed by atoms with van der Waals surface area (Å²) in [7, 11) is 1.45. The molecule has 3 rings (SSSR count). The highest BCUT2D eigenvalue weighted by Crippen LogP contribution is 2.45. The van der Waals surface area contributed by atoms with Crippen molar-refractivity contribution in [1.29, 1.82) is 0 Å². The summed E-state index contributed by atoms with van der Waals surface area (Å²) in [6.45, 7) is 3.90. The minimum Gasteiger partial charge on any atom is -0.508 e. The lowest BCUT2D eigenvalue weighted by Gasteiger charge is -2.34. The van der Waals surface area contributed by atoms with E-state index in [0.29, 0.717) is 23.3 Å². The van der Waals surface area contributed by atoms with Gasteiger partial charge in [-0.15, -0.1) is 0 Å². The molecule has 0 aliphatic carbocycles. The van der Waals surface area contributed by atoms with Gasteiger partial charge >= 0.3 is 0 Å². The van der Waals surface area contributed by atoms with E-state index in [2.05, 4.69) is 0 Å². The van der Waals surface area contributed by atoms with Gasteiger partial charge < -0.3 is 19.7 Å². The van der Waals surface area contributed by atoms with E-state index in [0.717, 1.165) is 12.0 Å². The van der Waals surface area contributed by atoms with Crippen LogP contribution >= 0.6 is 0 Å². The van der Waals surface area contributed by atoms with E-state index in [1.165, 1.54) is 19.3 Å². The molecule has 2 aromatic rings. The molecule has 1 heterocycles. The first-order valence-electron chi connectivity index (χ1n) is 8.44. The maximum atomic E-state index is 12.9. The van der Waals surface area contributed by atoms with Crippen LogP contribution in [0.3, 0.4) is 0 Å². The fourth-order valence-corrected chi connectivity index (χ4v) is 3.01. The summed E-state index contributed by atoms with van der Waals surface area (Å²) in [5.41, 5.74) is 1.29. The molecule has 5 nitrogen and oxygen atoms in total. The monoisotopic (exact) mass is 354 g/mol. The van der Waals surface area contributed by atoms with Crippen LogP contribution in [0.25, 0.3) is 6.08 Å². The molecule has 136 valence electrons. The number of allylic oxidation sites excluding steroid dienone is 1. The second kappa shape index (κ2) is 6.75. The van der Waals surface area contributed by atoms with E-state index in [1.807, 2.05) is 13.8 Å². The van der Waals surface area contributed by atoms with Crippen LogP contribution in [0.1, 0.15) is 41.8 Å². The number of benzene rings is 2. The second-order valence-corrected chi connectivity index (χ2v) is 6.93. The number of rotatable bonds is 4. The lowest BCUT2D eigenvalue weighted by Crippen LogP contribution is -2.33. The van der Waals surface area contributed by atoms with Gasteiger partial charge in [0.2, 0.25) is 0 Å². The number of ether oxygens (including phenoxy) is 2. The zero-order valence-electron chi connectivity index (χ0n) is 15.1. The number of phenolic OH excluding ortho intramolecular Hbond substituents is 2. The van der Waals surface area contributed by atoms with Crippen molar-refractivity contribution in [3.63, 3.8) is 0 Å². The zero-order chi connectivity index (χ0) is 18.9. The van der Waals surface area contributed by atoms with Crippen LogP contribution in [0.5, 0.6) is 23.0 Å². The first-order chi connectivity index (χ1) is 12.3. The average Bonchev–Trinajstić information content (AvgIpc) is 2.59. The number of hydrogen-bond donors (Lipinski definition) is 2. The van der Waals surface area contributed by atoms with Crippen molar-refractivity contribution in [1.82, 2.24) is 0 Å². The highest BCUT2D eigenvalue weighted by molar-refractivity contribution is 6.11. The van der Waals surface area contributed by atoms with Gasteiger partial charge in [-0.3, -0.25) is 4.79 Å². The predicted molar refractivity (Wildman–Crippen MR) is 99.2 cm³/mol. The molecule has 0 saturated carbocycles. The van der Waals surface area contributed by atoms with Gasteiger partial charge in [0.15, 0.2) is 5.78 Å². The Morgan fingerprint density at radius 2 is 1.92 bits per heavy atom. The number of ketones is 1. The fourth-order valence-electron chi connectivity index (χ4n) is 3.01. The van der Waals surface area contributed by atoms with E-state index < -0.39 is 5.60 Å². The summed E-state index contributed by atoms with van der Waals surface area (Å²) < 4.78 is 11.4. The topological polar surface area (TPSA) is 76.0 Å². The van der Waals surface area contributed by atoms with Gasteiger partial charge in [-0.2, -0.15) is 0 Å². The van der Waals surface area contributed by atoms with Crippen molar-refractivity contribution < 1.29 is 24.5 Å². The first-order valence-corrected chi connectivity index (χ1v) is 8.44. The third-order valence-electron chi connectivity index (χ3n) is 4.47. The molecule has 0 atom stereocenters. The highest BCUT2D eigenvalue weighted by Gasteiger charge is 2.33. The molecule has 1 aliphatic rings. The summed E-state index contributed by atoms with van der Waals surface area (Å²) in [6.07, 6.45) is 4.47. The summed E-state index contributed by atoms with van der Waals surface area (Å²) in [5.74, 6) is 0.631. The molecule has 2 aromatic carbocycles. The van der Waals surface area contributed by atoms with Crippen molar-refractivity contribution in [2.75, 3.05) is 7.11 Å². The number of phenols is 2. The largest absolute Gasteiger partial charge is 0.508 e. The number of aromatic hydroxyl groups is 2. The molecule has 0 spiro atoms. The van der Waals surface area contributed by atoms with Crippen molar-refractivity contribution in [2.45, 2.75) is 32.3 Å². The standard InChI is InChI=1S/C21H22O5/c1-21(2)11-10-15-17(24)12-18(25-3)19(20(15)26-21)16(23)9-6-13-4-7-14(22)8-5-13/h4-9,12,22,24H,10-11H2,1-3H3. The van der Waals surface area contributed by atoms with Gasteiger partial charge in [-0.1, -0.05) is 18.2 Å². The smallest absolute Gasteiger partial charge is 0.193 e. The van der Waals surface area contributed by atoms with Crippen LogP contribution < -0.4 is 9.47 Å². The zero-order valence-corrected chi connectivity index (χ0v) is 15.1. The average molecular weight is 354 g/mol. The van der Waals surface area contributed by atoms with E-state index >= 15 is 0 Å². The molecule has 1 aliphatic heterocycles. The van der Waals surface area contributed by atoms with Crippen LogP contribution in [-0.2, 0) is 6.42 Å². The molecular weight excluding hydrogens is 332 g/mol. The lowest BCUT2D eigenvalue weighted by molar-refractivity contribution is 0.0800. The summed E-state index contributed by atoms with van der Waals surface area (Å²) in [6, 6.07) is 7.99. The van der Waals surface area contributed by atoms with E-state index in [9.17, 15) is 15.0 Å². The molecule has 5 heteroatoms. The normalized spacial score (nSPS) is 15.3. The van der Waals surface area contributed by atoms with Crippen LogP contribution in [0.15, 0.2) is 36.4 Å². The summed E-state index contributed by atoms with van der Waals surface area (Å²) >= 11 is 0. The molecule has 0 bridgehead atoms. The minimum absolute atomic E-state index is 0.0754. The van der Waals surface area contributed by atoms with Gasteiger partial charge in [0.25, 0.3) is 0 Å². The molecule has 0 unspecified atom stereocenters. The summed E-state index contributed by atoms with van der Waals surface area (Å²) in [4.78, 5) is 12.9. The maximum Gasteiger partial charge on any atom is 0.193 e. The fraction of sp³-hybridized carbons (Fsp3) is 0.286. The molecule has 0 amide bonds. The molecule has 26 heavy (non-hydrogen) atoms. The van der Waals surface area contributed by atoms with Gasteiger partial charge in [0, 0.05) is 11.6 Å². The third kappa shape index (κ3) is 3.52. The molecule has 0 saturated heterocycles. The predicted octanol–water partition coefficient (Wildman–Crippen LogP) is 4.11. The quantitative estimate of drug-likeness (QED) is 0.638. The Bertz CT molecular complexity index is 863. The lowest BCUT2D eigenvalue weighted by atomic mass is 9.90. The Morgan fingerprint density at radius 3 is 2.58 bits per heavy atom. The van der Waals surface area contributed by atoms with Crippen LogP contribution in [-0.4, -0.2) is 28.7 Å². The molecule has 2 N–H and O–H groups in total. The van der Waals surface area contributed by atoms with Gasteiger partial charge in [-0.05, 0) is 50.5 Å². The molecule has 0 radical (unpaired) electrons. The number of carbonyl (C=O) groups is 1. The van der Waals surface area contributed by atoms with Crippen molar-refractivity contribution in [3.8, 4) is 23.0 Å². The Hall–Kier alpha value is -2.95. The Labute approximate surface area is 152 Å². The third-order valence-corrected chi connectivity index (χ3v) is 4.47. The second-order valence-electron chi connectivity index (χ2n) is 6.93. The van der Waals surface area contributed by atoms with Crippen LogP contribution in [0.2, 0.25) is 0 Å². The van der Waals surface area contributed by atoms with Gasteiger partial charge in [0.05, 0.1) is 7.11 Å². The Balaban J connectivity index is 2.03. The number of fused-ring (bicyclic) bond motifs is 1. The summed E-state index contributed by atoms with van der Waals surface area (Å²) in [5, 5.41) is 19.6. The Kier molecular flexibility index (Phi) is 4.64. The van der Waals surface area contributed by atoms with Crippen LogP contribution in [0.4, 0.5) is 0 Å². The number of methoxy groups -OCH3 is 1. The van der Waals surface area contributed by atoms with E-state index in [-0.39, 0.29) is 23.0 Å². The van der Waals surface area contributed by atoms with Crippen molar-refractivity contribution in [3.05, 3.63) is 53.1 Å². The van der Waals surface area contributed by atoms with Gasteiger partial charge in [-0.25, -0.2) is 0 Å². The SMILES string of the molecule is COc1cc(O)c2c(c1C(=O)C=Cc1ccc(O)cc1)OC(C)(C)CC2. The first kappa shape index (κ1) is 17.9. The highest BCUT2D eigenvalue weighted by atomic mass is 16.5. The van der Waals surface area contributed by atoms with Crippen LogP contribution in [0, 0.1) is 0 Å². The van der Waals surface area contributed by atoms with E-state index in [4.69, 9.17) is 9.47 Å². The van der Waals surface area contributed by atoms with Crippen molar-refractivity contribution in [2.24, 2.45) is 0 Å². The molecule has 0 aromatic heterocycles. The van der Waals surface area contributed by atoms with Crippen molar-refractivity contribution >= 4 is 11.9 Å². The minimum atomic E-state index is -0.429. The Morgan fingerprint density at radius 1 is 1.23 bits per heavy atom.